The van der Waals surface area contributed by atoms with Crippen molar-refractivity contribution in [1.29, 1.82) is 0 Å². The van der Waals surface area contributed by atoms with Gasteiger partial charge in [-0.1, -0.05) is 140 Å². The molecule has 0 saturated heterocycles. The third kappa shape index (κ3) is 4.15. The first-order valence-electron chi connectivity index (χ1n) is 17.2. The van der Waals surface area contributed by atoms with Gasteiger partial charge in [0.2, 0.25) is 0 Å². The molecule has 0 N–H and O–H groups in total. The van der Waals surface area contributed by atoms with Crippen molar-refractivity contribution >= 4 is 60.2 Å². The molecule has 0 fully saturated rings. The molecule has 236 valence electrons. The van der Waals surface area contributed by atoms with Gasteiger partial charge in [-0.25, -0.2) is 19.9 Å². The number of aromatic nitrogens is 5. The maximum atomic E-state index is 5.38. The van der Waals surface area contributed by atoms with Gasteiger partial charge in [-0.05, 0) is 35.0 Å². The topological polar surface area (TPSA) is 56.0 Å². The van der Waals surface area contributed by atoms with E-state index in [0.29, 0.717) is 11.3 Å². The number of hydrogen-bond acceptors (Lipinski definition) is 4. The smallest absolute Gasteiger partial charge is 0.199 e. The summed E-state index contributed by atoms with van der Waals surface area (Å²) in [7, 11) is 0. The molecule has 5 heteroatoms. The summed E-state index contributed by atoms with van der Waals surface area (Å²) in [5.74, 6) is 0. The Labute approximate surface area is 292 Å². The summed E-state index contributed by atoms with van der Waals surface area (Å²) in [4.78, 5) is 21.1. The van der Waals surface area contributed by atoms with E-state index >= 15 is 0 Å². The highest BCUT2D eigenvalue weighted by Crippen LogP contribution is 2.44. The maximum Gasteiger partial charge on any atom is 0.199 e. The molecule has 0 unspecified atom stereocenters. The molecule has 4 heterocycles. The van der Waals surface area contributed by atoms with E-state index in [4.69, 9.17) is 19.9 Å². The number of fused-ring (bicyclic) bond motifs is 6. The van der Waals surface area contributed by atoms with Crippen LogP contribution in [0, 0.1) is 0 Å². The highest BCUT2D eigenvalue weighted by atomic mass is 15.0. The molecular weight excluding hydrogens is 623 g/mol. The summed E-state index contributed by atoms with van der Waals surface area (Å²) < 4.78 is 2.44. The third-order valence-corrected chi connectivity index (χ3v) is 10.1. The molecule has 7 aromatic carbocycles. The van der Waals surface area contributed by atoms with Gasteiger partial charge in [0.25, 0.3) is 0 Å². The van der Waals surface area contributed by atoms with Gasteiger partial charge in [0, 0.05) is 43.8 Å². The lowest BCUT2D eigenvalue weighted by atomic mass is 9.95. The molecule has 0 aliphatic carbocycles. The summed E-state index contributed by atoms with van der Waals surface area (Å²) in [5.41, 5.74) is 11.6. The van der Waals surface area contributed by atoms with Crippen LogP contribution < -0.4 is 0 Å². The van der Waals surface area contributed by atoms with Gasteiger partial charge in [-0.3, -0.25) is 0 Å². The van der Waals surface area contributed by atoms with E-state index in [0.717, 1.165) is 45.0 Å². The number of para-hydroxylation sites is 1. The molecule has 11 aromatic rings. The Morgan fingerprint density at radius 3 is 1.33 bits per heavy atom. The Bertz CT molecular complexity index is 3110. The molecule has 4 aromatic heterocycles. The van der Waals surface area contributed by atoms with Crippen molar-refractivity contribution in [3.05, 3.63) is 164 Å². The fraction of sp³-hybridized carbons (Fsp3) is 0. The molecule has 0 amide bonds. The fourth-order valence-corrected chi connectivity index (χ4v) is 7.90. The van der Waals surface area contributed by atoms with Crippen LogP contribution in [0.4, 0.5) is 0 Å². The number of nitrogens with zero attached hydrogens (tertiary/aromatic N) is 5. The first-order valence-corrected chi connectivity index (χ1v) is 17.2. The highest BCUT2D eigenvalue weighted by Gasteiger charge is 2.23. The highest BCUT2D eigenvalue weighted by molar-refractivity contribution is 6.27. The first kappa shape index (κ1) is 27.9. The lowest BCUT2D eigenvalue weighted by Gasteiger charge is -2.16. The summed E-state index contributed by atoms with van der Waals surface area (Å²) in [6, 6.07) is 57.2. The van der Waals surface area contributed by atoms with Crippen LogP contribution in [0.15, 0.2) is 164 Å². The van der Waals surface area contributed by atoms with Crippen LogP contribution >= 0.6 is 0 Å². The minimum atomic E-state index is 0.506. The van der Waals surface area contributed by atoms with Crippen molar-refractivity contribution in [1.82, 2.24) is 24.3 Å². The molecule has 51 heavy (non-hydrogen) atoms. The van der Waals surface area contributed by atoms with Gasteiger partial charge in [0.15, 0.2) is 11.3 Å². The van der Waals surface area contributed by atoms with E-state index in [9.17, 15) is 0 Å². The number of pyridine rings is 1. The van der Waals surface area contributed by atoms with Crippen molar-refractivity contribution in [3.63, 3.8) is 0 Å². The molecule has 5 nitrogen and oxygen atoms in total. The Hall–Kier alpha value is -6.98. The quantitative estimate of drug-likeness (QED) is 0.141. The Kier molecular flexibility index (Phi) is 5.89. The first-order chi connectivity index (χ1) is 25.3. The van der Waals surface area contributed by atoms with E-state index in [1.807, 2.05) is 54.6 Å². The van der Waals surface area contributed by atoms with Crippen molar-refractivity contribution in [2.45, 2.75) is 0 Å². The van der Waals surface area contributed by atoms with E-state index < -0.39 is 0 Å². The van der Waals surface area contributed by atoms with Gasteiger partial charge < -0.3 is 4.40 Å². The zero-order valence-electron chi connectivity index (χ0n) is 27.3. The Morgan fingerprint density at radius 1 is 0.333 bits per heavy atom. The number of hydrogen-bond donors (Lipinski definition) is 0. The zero-order chi connectivity index (χ0) is 33.5. The number of benzene rings is 7. The van der Waals surface area contributed by atoms with E-state index in [2.05, 4.69) is 114 Å². The van der Waals surface area contributed by atoms with Crippen molar-refractivity contribution in [2.75, 3.05) is 0 Å². The van der Waals surface area contributed by atoms with Gasteiger partial charge in [-0.15, -0.1) is 0 Å². The minimum Gasteiger partial charge on any atom is -0.308 e. The van der Waals surface area contributed by atoms with E-state index in [-0.39, 0.29) is 0 Å². The molecule has 0 saturated carbocycles. The lowest BCUT2D eigenvalue weighted by molar-refractivity contribution is 1.17. The van der Waals surface area contributed by atoms with Gasteiger partial charge in [-0.2, -0.15) is 0 Å². The lowest BCUT2D eigenvalue weighted by Crippen LogP contribution is -2.02. The van der Waals surface area contributed by atoms with Crippen LogP contribution in [0.25, 0.3) is 105 Å². The Balaban J connectivity index is 1.27. The van der Waals surface area contributed by atoms with Crippen LogP contribution in [0.1, 0.15) is 0 Å². The van der Waals surface area contributed by atoms with Crippen molar-refractivity contribution < 1.29 is 0 Å². The molecule has 0 bridgehead atoms. The largest absolute Gasteiger partial charge is 0.308 e. The minimum absolute atomic E-state index is 0.506. The maximum absolute atomic E-state index is 5.38. The van der Waals surface area contributed by atoms with Gasteiger partial charge >= 0.3 is 0 Å². The van der Waals surface area contributed by atoms with Crippen LogP contribution in [0.5, 0.6) is 0 Å². The SMILES string of the molecule is c1ccc(-c2nc3nc(-c4ccccc4)c(-c4cc5c6cccc7cccc(c76)n6c7ccccc7c(c4)c56)nc3nc2-c2ccccc2)cc1. The average molecular weight is 650 g/mol. The molecule has 0 spiro atoms. The summed E-state index contributed by atoms with van der Waals surface area (Å²) >= 11 is 0. The van der Waals surface area contributed by atoms with Crippen LogP contribution in [0.3, 0.4) is 0 Å². The van der Waals surface area contributed by atoms with Crippen LogP contribution in [0.2, 0.25) is 0 Å². The normalized spacial score (nSPS) is 11.9. The zero-order valence-corrected chi connectivity index (χ0v) is 27.3. The standard InChI is InChI=1S/C46H27N5/c1-4-14-29(15-5-1)40-41(30-16-6-2-7-17-30)48-46-45(47-40)49-42(31-18-8-3-9-19-31)43(50-46)32-26-35-33-22-10-11-24-37(33)51-38-25-13-21-28-20-12-23-34(39(28)38)36(27-32)44(35)51/h1-27H. The average Bonchev–Trinajstić information content (AvgIpc) is 3.54. The second kappa shape index (κ2) is 10.8. The summed E-state index contributed by atoms with van der Waals surface area (Å²) in [6.45, 7) is 0. The molecule has 0 radical (unpaired) electrons. The summed E-state index contributed by atoms with van der Waals surface area (Å²) in [6.07, 6.45) is 0. The molecule has 0 aliphatic rings. The predicted octanol–water partition coefficient (Wildman–Crippen LogP) is 11.4. The summed E-state index contributed by atoms with van der Waals surface area (Å²) in [5, 5.41) is 7.26. The predicted molar refractivity (Wildman–Crippen MR) is 209 cm³/mol. The van der Waals surface area contributed by atoms with Crippen LogP contribution in [-0.4, -0.2) is 24.3 Å². The van der Waals surface area contributed by atoms with Crippen molar-refractivity contribution in [3.8, 4) is 45.0 Å². The Morgan fingerprint density at radius 2 is 0.765 bits per heavy atom. The van der Waals surface area contributed by atoms with Gasteiger partial charge in [0.05, 0.1) is 39.3 Å². The molecule has 0 atom stereocenters. The molecular formula is C46H27N5. The molecule has 11 rings (SSSR count). The third-order valence-electron chi connectivity index (χ3n) is 10.1. The van der Waals surface area contributed by atoms with E-state index in [1.165, 1.54) is 48.9 Å². The van der Waals surface area contributed by atoms with Gasteiger partial charge in [0.1, 0.15) is 0 Å². The van der Waals surface area contributed by atoms with Crippen molar-refractivity contribution in [2.24, 2.45) is 0 Å². The second-order valence-corrected chi connectivity index (χ2v) is 13.0. The fourth-order valence-electron chi connectivity index (χ4n) is 7.90. The molecule has 0 aliphatic heterocycles. The monoisotopic (exact) mass is 649 g/mol. The van der Waals surface area contributed by atoms with Crippen LogP contribution in [-0.2, 0) is 0 Å². The number of rotatable bonds is 4. The van der Waals surface area contributed by atoms with E-state index in [1.54, 1.807) is 0 Å². The second-order valence-electron chi connectivity index (χ2n) is 13.0.